The molecule has 0 aliphatic heterocycles. The first-order valence-electron chi connectivity index (χ1n) is 14.6. The minimum Gasteiger partial charge on any atom is -0.482 e. The van der Waals surface area contributed by atoms with Gasteiger partial charge in [0.25, 0.3) is 11.8 Å². The zero-order valence-corrected chi connectivity index (χ0v) is 27.4. The Bertz CT molecular complexity index is 2080. The highest BCUT2D eigenvalue weighted by atomic mass is 32.1. The summed E-state index contributed by atoms with van der Waals surface area (Å²) in [6, 6.07) is 23.7. The van der Waals surface area contributed by atoms with Crippen molar-refractivity contribution in [3.05, 3.63) is 119 Å². The number of ether oxygens (including phenoxy) is 2. The minimum absolute atomic E-state index is 0.175. The molecular weight excluding hydrogens is 649 g/mol. The third-order valence-corrected chi connectivity index (χ3v) is 9.13. The van der Waals surface area contributed by atoms with Crippen LogP contribution in [0.4, 0.5) is 23.0 Å². The monoisotopic (exact) mass is 676 g/mol. The molecule has 0 atom stereocenters. The molecule has 2 aromatic carbocycles. The van der Waals surface area contributed by atoms with Crippen molar-refractivity contribution >= 4 is 63.5 Å². The molecule has 0 spiro atoms. The number of amides is 2. The lowest BCUT2D eigenvalue weighted by molar-refractivity contribution is -0.142. The van der Waals surface area contributed by atoms with E-state index in [1.54, 1.807) is 60.0 Å². The van der Waals surface area contributed by atoms with Crippen LogP contribution in [-0.2, 0) is 9.53 Å². The lowest BCUT2D eigenvalue weighted by Gasteiger charge is -2.13. The van der Waals surface area contributed by atoms with Gasteiger partial charge >= 0.3 is 5.97 Å². The molecule has 13 heteroatoms. The third-order valence-electron chi connectivity index (χ3n) is 6.98. The van der Waals surface area contributed by atoms with Crippen molar-refractivity contribution in [2.75, 3.05) is 29.7 Å². The van der Waals surface area contributed by atoms with Crippen LogP contribution < -0.4 is 20.7 Å². The van der Waals surface area contributed by atoms with E-state index in [4.69, 9.17) is 4.74 Å². The van der Waals surface area contributed by atoms with Crippen LogP contribution >= 0.6 is 22.7 Å². The van der Waals surface area contributed by atoms with Crippen LogP contribution in [0, 0.1) is 6.92 Å². The maximum absolute atomic E-state index is 13.2. The lowest BCUT2D eigenvalue weighted by atomic mass is 10.1. The van der Waals surface area contributed by atoms with Gasteiger partial charge in [0, 0.05) is 39.1 Å². The topological polar surface area (TPSA) is 144 Å². The first kappa shape index (κ1) is 32.0. The van der Waals surface area contributed by atoms with Crippen molar-refractivity contribution in [1.29, 1.82) is 0 Å². The predicted octanol–water partition coefficient (Wildman–Crippen LogP) is 7.44. The van der Waals surface area contributed by atoms with Gasteiger partial charge in [-0.25, -0.2) is 14.8 Å². The molecule has 3 N–H and O–H groups in total. The van der Waals surface area contributed by atoms with E-state index in [0.717, 1.165) is 20.9 Å². The number of rotatable bonds is 11. The first-order chi connectivity index (χ1) is 23.3. The summed E-state index contributed by atoms with van der Waals surface area (Å²) in [5.41, 5.74) is 4.35. The first-order valence-corrected chi connectivity index (χ1v) is 16.3. The van der Waals surface area contributed by atoms with E-state index in [9.17, 15) is 14.4 Å². The molecule has 4 aromatic heterocycles. The molecule has 48 heavy (non-hydrogen) atoms. The van der Waals surface area contributed by atoms with Crippen LogP contribution in [-0.4, -0.2) is 46.5 Å². The quantitative estimate of drug-likeness (QED) is 0.119. The molecule has 2 amide bonds. The second kappa shape index (κ2) is 14.7. The van der Waals surface area contributed by atoms with Gasteiger partial charge in [0.1, 0.15) is 5.75 Å². The Balaban J connectivity index is 1.10. The van der Waals surface area contributed by atoms with E-state index in [1.807, 2.05) is 48.7 Å². The van der Waals surface area contributed by atoms with Gasteiger partial charge in [-0.1, -0.05) is 12.1 Å². The molecule has 0 aliphatic rings. The summed E-state index contributed by atoms with van der Waals surface area (Å²) in [5.74, 6) is -0.229. The van der Waals surface area contributed by atoms with Crippen molar-refractivity contribution < 1.29 is 23.9 Å². The zero-order valence-electron chi connectivity index (χ0n) is 25.7. The smallest absolute Gasteiger partial charge is 0.343 e. The van der Waals surface area contributed by atoms with Gasteiger partial charge < -0.3 is 25.4 Å². The number of thiophene rings is 2. The summed E-state index contributed by atoms with van der Waals surface area (Å²) < 4.78 is 10.0. The number of benzene rings is 2. The number of anilines is 4. The molecule has 240 valence electrons. The van der Waals surface area contributed by atoms with Crippen molar-refractivity contribution in [1.82, 2.24) is 15.0 Å². The lowest BCUT2D eigenvalue weighted by Crippen LogP contribution is -2.15. The van der Waals surface area contributed by atoms with Gasteiger partial charge in [-0.3, -0.25) is 14.6 Å². The van der Waals surface area contributed by atoms with Gasteiger partial charge in [-0.15, -0.1) is 22.7 Å². The van der Waals surface area contributed by atoms with E-state index in [2.05, 4.69) is 35.6 Å². The minimum atomic E-state index is -0.463. The molecule has 0 fully saturated rings. The number of hydrogen-bond acceptors (Lipinski definition) is 11. The zero-order chi connectivity index (χ0) is 33.5. The summed E-state index contributed by atoms with van der Waals surface area (Å²) in [7, 11) is 1.30. The molecule has 11 nitrogen and oxygen atoms in total. The van der Waals surface area contributed by atoms with E-state index >= 15 is 0 Å². The Morgan fingerprint density at radius 3 is 2.48 bits per heavy atom. The maximum Gasteiger partial charge on any atom is 0.343 e. The van der Waals surface area contributed by atoms with Crippen LogP contribution in [0.1, 0.15) is 25.6 Å². The summed E-state index contributed by atoms with van der Waals surface area (Å²) in [4.78, 5) is 53.2. The molecule has 6 rings (SSSR count). The molecular formula is C35H28N6O5S2. The number of carbonyl (C=O) groups is 3. The summed E-state index contributed by atoms with van der Waals surface area (Å²) in [5, 5.41) is 11.0. The van der Waals surface area contributed by atoms with Crippen LogP contribution in [0.15, 0.2) is 103 Å². The molecule has 6 aromatic rings. The molecule has 4 heterocycles. The van der Waals surface area contributed by atoms with Crippen molar-refractivity contribution in [3.8, 4) is 26.8 Å². The average Bonchev–Trinajstić information content (AvgIpc) is 3.83. The second-order valence-electron chi connectivity index (χ2n) is 10.3. The highest BCUT2D eigenvalue weighted by Gasteiger charge is 2.14. The molecule has 0 radical (unpaired) electrons. The van der Waals surface area contributed by atoms with E-state index < -0.39 is 5.97 Å². The second-order valence-corrected chi connectivity index (χ2v) is 12.4. The molecule has 0 aliphatic carbocycles. The number of nitrogens with one attached hydrogen (secondary N) is 3. The number of methoxy groups -OCH3 is 1. The highest BCUT2D eigenvalue weighted by Crippen LogP contribution is 2.32. The van der Waals surface area contributed by atoms with Gasteiger partial charge in [-0.05, 0) is 84.6 Å². The molecule has 0 saturated carbocycles. The largest absolute Gasteiger partial charge is 0.482 e. The maximum atomic E-state index is 13.2. The fourth-order valence-electron chi connectivity index (χ4n) is 4.50. The molecule has 0 unspecified atom stereocenters. The molecule has 0 saturated heterocycles. The highest BCUT2D eigenvalue weighted by molar-refractivity contribution is 7.22. The van der Waals surface area contributed by atoms with Crippen LogP contribution in [0.5, 0.6) is 5.75 Å². The predicted molar refractivity (Wildman–Crippen MR) is 187 cm³/mol. The fourth-order valence-corrected chi connectivity index (χ4v) is 6.23. The van der Waals surface area contributed by atoms with Crippen molar-refractivity contribution in [3.63, 3.8) is 0 Å². The Morgan fingerprint density at radius 2 is 1.69 bits per heavy atom. The Labute approximate surface area is 283 Å². The number of nitrogens with zero attached hydrogens (tertiary/aromatic N) is 3. The molecule has 0 bridgehead atoms. The Hall–Kier alpha value is -5.92. The summed E-state index contributed by atoms with van der Waals surface area (Å²) in [6.45, 7) is 1.75. The number of carbonyl (C=O) groups excluding carboxylic acids is 3. The van der Waals surface area contributed by atoms with Crippen LogP contribution in [0.2, 0.25) is 0 Å². The number of hydrogen-bond donors (Lipinski definition) is 3. The van der Waals surface area contributed by atoms with E-state index in [1.165, 1.54) is 30.8 Å². The van der Waals surface area contributed by atoms with Gasteiger partial charge in [0.15, 0.2) is 6.61 Å². The van der Waals surface area contributed by atoms with Crippen molar-refractivity contribution in [2.45, 2.75) is 6.92 Å². The van der Waals surface area contributed by atoms with Crippen LogP contribution in [0.25, 0.3) is 21.0 Å². The summed E-state index contributed by atoms with van der Waals surface area (Å²) >= 11 is 3.02. The third kappa shape index (κ3) is 7.89. The van der Waals surface area contributed by atoms with Crippen molar-refractivity contribution in [2.24, 2.45) is 0 Å². The number of pyridine rings is 1. The van der Waals surface area contributed by atoms with E-state index in [0.29, 0.717) is 39.3 Å². The fraction of sp³-hybridized carbons (Fsp3) is 0.0857. The number of esters is 1. The van der Waals surface area contributed by atoms with Gasteiger partial charge in [0.2, 0.25) is 5.95 Å². The number of aryl methyl sites for hydroxylation is 1. The van der Waals surface area contributed by atoms with Gasteiger partial charge in [0.05, 0.1) is 35.1 Å². The number of aromatic nitrogens is 3. The van der Waals surface area contributed by atoms with Crippen LogP contribution in [0.3, 0.4) is 0 Å². The standard InChI is InChI=1S/C35H28N6O5S2/c1-21-5-8-24(17-28(21)41-35-37-14-13-27(40-35)22-6-9-26(10-7-22)46-20-32(42)45-2)38-33(43)23-16-25(19-36-18-23)39-34(44)31-12-11-30(48-31)29-4-3-15-47-29/h3-19H,20H2,1-2H3,(H,38,43)(H,39,44)(H,37,40,41). The normalized spacial score (nSPS) is 10.6. The SMILES string of the molecule is COC(=O)COc1ccc(-c2ccnc(Nc3cc(NC(=O)c4cncc(NC(=O)c5ccc(-c6cccs6)s5)c4)ccc3C)n2)cc1. The Kier molecular flexibility index (Phi) is 9.79. The Morgan fingerprint density at radius 1 is 0.854 bits per heavy atom. The van der Waals surface area contributed by atoms with Gasteiger partial charge in [-0.2, -0.15) is 0 Å². The summed E-state index contributed by atoms with van der Waals surface area (Å²) in [6.07, 6.45) is 4.58. The average molecular weight is 677 g/mol. The van der Waals surface area contributed by atoms with E-state index in [-0.39, 0.29) is 24.0 Å².